The van der Waals surface area contributed by atoms with E-state index in [0.29, 0.717) is 59.9 Å². The maximum Gasteiger partial charge on any atom is 0.182 e. The van der Waals surface area contributed by atoms with Crippen LogP contribution in [0.1, 0.15) is 49.4 Å². The number of nitrogens with zero attached hydrogens (tertiary/aromatic N) is 4. The number of hydrogen-bond acceptors (Lipinski definition) is 7. The van der Waals surface area contributed by atoms with Gasteiger partial charge in [-0.3, -0.25) is 19.4 Å². The molecule has 3 heterocycles. The largest absolute Gasteiger partial charge is 0.381 e. The van der Waals surface area contributed by atoms with Gasteiger partial charge in [-0.2, -0.15) is 5.10 Å². The molecule has 1 saturated heterocycles. The van der Waals surface area contributed by atoms with Crippen LogP contribution in [0.2, 0.25) is 0 Å². The molecule has 0 bridgehead atoms. The number of ether oxygens (including phenoxy) is 1. The third-order valence-electron chi connectivity index (χ3n) is 6.71. The van der Waals surface area contributed by atoms with Crippen LogP contribution in [0, 0.1) is 12.8 Å². The first kappa shape index (κ1) is 22.2. The number of carbonyl (C=O) groups excluding carboxylic acids is 1. The SMILES string of the molecule is Cc1ccc2c(cnn2C(CC2CCOCC2)C(=O)Cc2cnccn2)c1S(=O)(=O)C1CC1. The van der Waals surface area contributed by atoms with E-state index in [4.69, 9.17) is 4.74 Å². The Kier molecular flexibility index (Phi) is 6.01. The van der Waals surface area contributed by atoms with Gasteiger partial charge in [-0.05, 0) is 56.6 Å². The van der Waals surface area contributed by atoms with Crippen molar-refractivity contribution in [1.82, 2.24) is 19.7 Å². The van der Waals surface area contributed by atoms with Crippen LogP contribution in [0.4, 0.5) is 0 Å². The van der Waals surface area contributed by atoms with Crippen LogP contribution in [-0.2, 0) is 25.8 Å². The van der Waals surface area contributed by atoms with E-state index < -0.39 is 15.9 Å². The first-order valence-electron chi connectivity index (χ1n) is 11.5. The topological polar surface area (TPSA) is 104 Å². The summed E-state index contributed by atoms with van der Waals surface area (Å²) in [6.07, 6.45) is 10.4. The molecule has 0 amide bonds. The molecule has 0 spiro atoms. The van der Waals surface area contributed by atoms with Gasteiger partial charge in [0.05, 0.1) is 34.0 Å². The van der Waals surface area contributed by atoms with Crippen LogP contribution in [0.5, 0.6) is 0 Å². The lowest BCUT2D eigenvalue weighted by Gasteiger charge is -2.26. The van der Waals surface area contributed by atoms with Crippen molar-refractivity contribution in [3.05, 3.63) is 48.2 Å². The van der Waals surface area contributed by atoms with Crippen LogP contribution < -0.4 is 0 Å². The molecule has 2 aromatic heterocycles. The average molecular weight is 469 g/mol. The predicted molar refractivity (Wildman–Crippen MR) is 123 cm³/mol. The van der Waals surface area contributed by atoms with E-state index in [2.05, 4.69) is 15.1 Å². The molecule has 1 atom stereocenters. The number of aryl methyl sites for hydroxylation is 1. The number of fused-ring (bicyclic) bond motifs is 1. The zero-order valence-corrected chi connectivity index (χ0v) is 19.5. The van der Waals surface area contributed by atoms with E-state index in [9.17, 15) is 13.2 Å². The van der Waals surface area contributed by atoms with Crippen LogP contribution >= 0.6 is 0 Å². The van der Waals surface area contributed by atoms with Crippen molar-refractivity contribution >= 4 is 26.5 Å². The summed E-state index contributed by atoms with van der Waals surface area (Å²) in [5.41, 5.74) is 2.02. The number of aromatic nitrogens is 4. The molecule has 174 valence electrons. The second-order valence-electron chi connectivity index (χ2n) is 9.12. The Hall–Kier alpha value is -2.65. The van der Waals surface area contributed by atoms with E-state index in [1.54, 1.807) is 29.5 Å². The molecular weight excluding hydrogens is 440 g/mol. The van der Waals surface area contributed by atoms with Gasteiger partial charge in [0.1, 0.15) is 6.04 Å². The van der Waals surface area contributed by atoms with E-state index in [1.807, 2.05) is 19.1 Å². The van der Waals surface area contributed by atoms with Crippen LogP contribution in [-0.4, -0.2) is 52.4 Å². The fourth-order valence-corrected chi connectivity index (χ4v) is 6.83. The summed E-state index contributed by atoms with van der Waals surface area (Å²) in [6, 6.07) is 3.21. The molecule has 8 nitrogen and oxygen atoms in total. The second-order valence-corrected chi connectivity index (χ2v) is 11.3. The molecular formula is C24H28N4O4S. The maximum absolute atomic E-state index is 13.5. The molecule has 1 unspecified atom stereocenters. The van der Waals surface area contributed by atoms with Gasteiger partial charge in [0, 0.05) is 37.2 Å². The van der Waals surface area contributed by atoms with Crippen LogP contribution in [0.3, 0.4) is 0 Å². The van der Waals surface area contributed by atoms with Crippen molar-refractivity contribution in [1.29, 1.82) is 0 Å². The molecule has 0 radical (unpaired) electrons. The lowest BCUT2D eigenvalue weighted by atomic mass is 9.90. The average Bonchev–Trinajstić information content (AvgIpc) is 3.60. The van der Waals surface area contributed by atoms with Gasteiger partial charge in [0.15, 0.2) is 15.6 Å². The fraction of sp³-hybridized carbons (Fsp3) is 0.500. The van der Waals surface area contributed by atoms with Crippen molar-refractivity contribution in [2.45, 2.75) is 61.6 Å². The minimum absolute atomic E-state index is 0.000771. The van der Waals surface area contributed by atoms with Crippen molar-refractivity contribution < 1.29 is 17.9 Å². The lowest BCUT2D eigenvalue weighted by molar-refractivity contribution is -0.122. The minimum Gasteiger partial charge on any atom is -0.381 e. The Morgan fingerprint density at radius 1 is 1.15 bits per heavy atom. The van der Waals surface area contributed by atoms with Crippen molar-refractivity contribution in [2.24, 2.45) is 5.92 Å². The summed E-state index contributed by atoms with van der Waals surface area (Å²) >= 11 is 0. The smallest absolute Gasteiger partial charge is 0.182 e. The van der Waals surface area contributed by atoms with E-state index in [0.717, 1.165) is 18.4 Å². The predicted octanol–water partition coefficient (Wildman–Crippen LogP) is 3.24. The highest BCUT2D eigenvalue weighted by Gasteiger charge is 2.39. The van der Waals surface area contributed by atoms with Gasteiger partial charge in [0.2, 0.25) is 0 Å². The Labute approximate surface area is 193 Å². The van der Waals surface area contributed by atoms with E-state index >= 15 is 0 Å². The van der Waals surface area contributed by atoms with Crippen LogP contribution in [0.15, 0.2) is 41.8 Å². The summed E-state index contributed by atoms with van der Waals surface area (Å²) in [7, 11) is -3.40. The molecule has 2 aliphatic rings. The maximum atomic E-state index is 13.5. The fourth-order valence-electron chi connectivity index (χ4n) is 4.76. The van der Waals surface area contributed by atoms with Crippen molar-refractivity contribution in [3.8, 4) is 0 Å². The number of benzene rings is 1. The Morgan fingerprint density at radius 3 is 2.64 bits per heavy atom. The highest BCUT2D eigenvalue weighted by Crippen LogP contribution is 2.39. The Morgan fingerprint density at radius 2 is 1.94 bits per heavy atom. The molecule has 3 aromatic rings. The number of hydrogen-bond donors (Lipinski definition) is 0. The molecule has 0 N–H and O–H groups in total. The van der Waals surface area contributed by atoms with Crippen molar-refractivity contribution in [3.63, 3.8) is 0 Å². The Balaban J connectivity index is 1.55. The number of carbonyl (C=O) groups is 1. The van der Waals surface area contributed by atoms with E-state index in [-0.39, 0.29) is 17.5 Å². The summed E-state index contributed by atoms with van der Waals surface area (Å²) in [6.45, 7) is 3.21. The third kappa shape index (κ3) is 4.44. The first-order valence-corrected chi connectivity index (χ1v) is 13.1. The Bertz CT molecular complexity index is 1260. The van der Waals surface area contributed by atoms with Gasteiger partial charge in [-0.15, -0.1) is 0 Å². The zero-order valence-electron chi connectivity index (χ0n) is 18.7. The summed E-state index contributed by atoms with van der Waals surface area (Å²) < 4.78 is 33.6. The van der Waals surface area contributed by atoms with Gasteiger partial charge in [0.25, 0.3) is 0 Å². The molecule has 1 aromatic carbocycles. The van der Waals surface area contributed by atoms with E-state index in [1.165, 1.54) is 0 Å². The van der Waals surface area contributed by atoms with Crippen molar-refractivity contribution in [2.75, 3.05) is 13.2 Å². The second kappa shape index (κ2) is 8.95. The molecule has 1 aliphatic heterocycles. The molecule has 5 rings (SSSR count). The molecule has 9 heteroatoms. The zero-order chi connectivity index (χ0) is 23.0. The highest BCUT2D eigenvalue weighted by molar-refractivity contribution is 7.92. The standard InChI is InChI=1S/C24H28N4O4S/c1-16-2-5-21-20(24(16)33(30,31)19-3-4-19)15-27-28(21)22(12-17-6-10-32-11-7-17)23(29)13-18-14-25-8-9-26-18/h2,5,8-9,14-15,17,19,22H,3-4,6-7,10-13H2,1H3. The number of Topliss-reactive ketones (excluding diaryl/α,β-unsaturated/α-hetero) is 1. The first-order chi connectivity index (χ1) is 15.9. The molecule has 33 heavy (non-hydrogen) atoms. The lowest BCUT2D eigenvalue weighted by Crippen LogP contribution is -2.27. The highest BCUT2D eigenvalue weighted by atomic mass is 32.2. The molecule has 1 aliphatic carbocycles. The third-order valence-corrected chi connectivity index (χ3v) is 9.17. The summed E-state index contributed by atoms with van der Waals surface area (Å²) in [5.74, 6) is 0.341. The molecule has 1 saturated carbocycles. The minimum atomic E-state index is -3.40. The monoisotopic (exact) mass is 468 g/mol. The summed E-state index contributed by atoms with van der Waals surface area (Å²) in [5, 5.41) is 4.88. The number of rotatable bonds is 8. The number of sulfone groups is 1. The quantitative estimate of drug-likeness (QED) is 0.500. The molecule has 2 fully saturated rings. The van der Waals surface area contributed by atoms with Crippen LogP contribution in [0.25, 0.3) is 10.9 Å². The van der Waals surface area contributed by atoms with Gasteiger partial charge >= 0.3 is 0 Å². The van der Waals surface area contributed by atoms with Gasteiger partial charge in [-0.1, -0.05) is 6.07 Å². The number of ketones is 1. The van der Waals surface area contributed by atoms with Gasteiger partial charge in [-0.25, -0.2) is 8.42 Å². The summed E-state index contributed by atoms with van der Waals surface area (Å²) in [4.78, 5) is 22.2. The normalized spacial score (nSPS) is 18.5. The van der Waals surface area contributed by atoms with Gasteiger partial charge < -0.3 is 4.74 Å².